The second kappa shape index (κ2) is 8.02. The van der Waals surface area contributed by atoms with Crippen molar-refractivity contribution in [3.63, 3.8) is 0 Å². The van der Waals surface area contributed by atoms with E-state index in [1.807, 2.05) is 30.3 Å². The Kier molecular flexibility index (Phi) is 6.95. The van der Waals surface area contributed by atoms with Crippen LogP contribution in [0, 0.1) is 0 Å². The molecule has 0 aliphatic carbocycles. The first-order valence-corrected chi connectivity index (χ1v) is 9.04. The van der Waals surface area contributed by atoms with Crippen LogP contribution in [-0.4, -0.2) is 44.3 Å². The van der Waals surface area contributed by atoms with Gasteiger partial charge in [-0.25, -0.2) is 0 Å². The van der Waals surface area contributed by atoms with E-state index in [0.29, 0.717) is 0 Å². The van der Waals surface area contributed by atoms with Crippen molar-refractivity contribution in [2.45, 2.75) is 32.0 Å². The van der Waals surface area contributed by atoms with Gasteiger partial charge in [-0.2, -0.15) is 0 Å². The number of rotatable bonds is 9. The quantitative estimate of drug-likeness (QED) is 0.514. The van der Waals surface area contributed by atoms with Crippen LogP contribution in [0.5, 0.6) is 0 Å². The first-order valence-electron chi connectivity index (χ1n) is 7.42. The van der Waals surface area contributed by atoms with Crippen molar-refractivity contribution >= 4 is 13.9 Å². The third-order valence-corrected chi connectivity index (χ3v) is 6.42. The van der Waals surface area contributed by atoms with Crippen LogP contribution in [0.25, 0.3) is 0 Å². The molecule has 22 heavy (non-hydrogen) atoms. The molecule has 2 atom stereocenters. The molecule has 1 aromatic rings. The Bertz CT molecular complexity index is 510. The molecule has 6 heteroatoms. The maximum absolute atomic E-state index is 13.3. The van der Waals surface area contributed by atoms with Gasteiger partial charge in [0.25, 0.3) is 0 Å². The van der Waals surface area contributed by atoms with Gasteiger partial charge < -0.3 is 13.8 Å². The highest BCUT2D eigenvalue weighted by Crippen LogP contribution is 2.59. The number of nitrogens with zero attached hydrogens (tertiary/aromatic N) is 1. The molecule has 0 radical (unpaired) electrons. The predicted octanol–water partition coefficient (Wildman–Crippen LogP) is 3.30. The van der Waals surface area contributed by atoms with E-state index in [2.05, 4.69) is 0 Å². The highest BCUT2D eigenvalue weighted by molar-refractivity contribution is 7.54. The van der Waals surface area contributed by atoms with Crippen LogP contribution in [0.2, 0.25) is 0 Å². The molecule has 0 aliphatic rings. The molecule has 0 saturated heterocycles. The summed E-state index contributed by atoms with van der Waals surface area (Å²) in [5, 5.41) is 0. The average Bonchev–Trinajstić information content (AvgIpc) is 2.48. The minimum Gasteiger partial charge on any atom is -0.308 e. The summed E-state index contributed by atoms with van der Waals surface area (Å²) >= 11 is 0. The number of aldehydes is 1. The van der Waals surface area contributed by atoms with Gasteiger partial charge in [-0.05, 0) is 40.4 Å². The summed E-state index contributed by atoms with van der Waals surface area (Å²) in [6.45, 7) is 5.81. The van der Waals surface area contributed by atoms with E-state index in [-0.39, 0.29) is 13.2 Å². The number of hydrogen-bond acceptors (Lipinski definition) is 5. The summed E-state index contributed by atoms with van der Waals surface area (Å²) < 4.78 is 24.3. The topological polar surface area (TPSA) is 55.8 Å². The lowest BCUT2D eigenvalue weighted by Crippen LogP contribution is -2.47. The van der Waals surface area contributed by atoms with Gasteiger partial charge in [0.1, 0.15) is 12.1 Å². The zero-order chi connectivity index (χ0) is 16.8. The minimum absolute atomic E-state index is 0.255. The summed E-state index contributed by atoms with van der Waals surface area (Å²) in [7, 11) is 0.0612. The number of benzene rings is 1. The van der Waals surface area contributed by atoms with Gasteiger partial charge >= 0.3 is 7.60 Å². The van der Waals surface area contributed by atoms with Crippen LogP contribution in [0.1, 0.15) is 26.3 Å². The van der Waals surface area contributed by atoms with Crippen molar-refractivity contribution < 1.29 is 18.4 Å². The molecular formula is C16H26NO4P. The molecule has 124 valence electrons. The molecule has 1 rings (SSSR count). The standard InChI is InChI=1S/C16H26NO4P/c1-6-20-22(19,21-7-2)15(17(4)5)16(3,13-18)14-11-9-8-10-12-14/h8-13,15H,6-7H2,1-5H3. The molecular weight excluding hydrogens is 301 g/mol. The fourth-order valence-corrected chi connectivity index (χ4v) is 5.27. The van der Waals surface area contributed by atoms with E-state index in [1.165, 1.54) is 0 Å². The number of carbonyl (C=O) groups excluding carboxylic acids is 1. The maximum atomic E-state index is 13.3. The normalized spacial score (nSPS) is 16.3. The Morgan fingerprint density at radius 1 is 1.18 bits per heavy atom. The van der Waals surface area contributed by atoms with Crippen molar-refractivity contribution in [3.8, 4) is 0 Å². The second-order valence-corrected chi connectivity index (χ2v) is 7.56. The molecule has 0 amide bonds. The minimum atomic E-state index is -3.49. The van der Waals surface area contributed by atoms with Gasteiger partial charge in [0.2, 0.25) is 0 Å². The fourth-order valence-electron chi connectivity index (χ4n) is 2.76. The number of hydrogen-bond donors (Lipinski definition) is 0. The Hall–Kier alpha value is -1.00. The largest absolute Gasteiger partial charge is 0.348 e. The van der Waals surface area contributed by atoms with Crippen molar-refractivity contribution in [2.75, 3.05) is 27.3 Å². The summed E-state index contributed by atoms with van der Waals surface area (Å²) in [6, 6.07) is 9.30. The summed E-state index contributed by atoms with van der Waals surface area (Å²) in [4.78, 5) is 13.7. The van der Waals surface area contributed by atoms with Crippen LogP contribution in [0.4, 0.5) is 0 Å². The molecule has 0 heterocycles. The zero-order valence-corrected chi connectivity index (χ0v) is 14.9. The first kappa shape index (κ1) is 19.0. The molecule has 0 fully saturated rings. The molecule has 0 N–H and O–H groups in total. The van der Waals surface area contributed by atoms with Gasteiger partial charge in [-0.1, -0.05) is 30.3 Å². The zero-order valence-electron chi connectivity index (χ0n) is 14.0. The average molecular weight is 327 g/mol. The highest BCUT2D eigenvalue weighted by atomic mass is 31.2. The van der Waals surface area contributed by atoms with Crippen LogP contribution in [0.3, 0.4) is 0 Å². The highest BCUT2D eigenvalue weighted by Gasteiger charge is 2.50. The summed E-state index contributed by atoms with van der Waals surface area (Å²) in [5.74, 6) is -0.709. The number of carbonyl (C=O) groups is 1. The Morgan fingerprint density at radius 3 is 2.05 bits per heavy atom. The predicted molar refractivity (Wildman–Crippen MR) is 88.2 cm³/mol. The third-order valence-electron chi connectivity index (χ3n) is 3.58. The Balaban J connectivity index is 3.44. The fraction of sp³-hybridized carbons (Fsp3) is 0.562. The molecule has 0 aliphatic heterocycles. The lowest BCUT2D eigenvalue weighted by molar-refractivity contribution is -0.113. The lowest BCUT2D eigenvalue weighted by Gasteiger charge is -2.40. The first-order chi connectivity index (χ1) is 10.4. The third kappa shape index (κ3) is 3.85. The monoisotopic (exact) mass is 327 g/mol. The van der Waals surface area contributed by atoms with E-state index in [1.54, 1.807) is 39.8 Å². The van der Waals surface area contributed by atoms with Crippen molar-refractivity contribution in [2.24, 2.45) is 0 Å². The van der Waals surface area contributed by atoms with E-state index in [0.717, 1.165) is 11.8 Å². The Labute approximate surface area is 133 Å². The van der Waals surface area contributed by atoms with Gasteiger partial charge in [-0.3, -0.25) is 9.46 Å². The molecule has 0 saturated carbocycles. The second-order valence-electron chi connectivity index (χ2n) is 5.48. The number of likely N-dealkylation sites (N-methyl/N-ethyl adjacent to an activating group) is 1. The molecule has 5 nitrogen and oxygen atoms in total. The van der Waals surface area contributed by atoms with Crippen molar-refractivity contribution in [1.82, 2.24) is 4.90 Å². The maximum Gasteiger partial charge on any atom is 0.348 e. The molecule has 0 spiro atoms. The van der Waals surface area contributed by atoms with Crippen molar-refractivity contribution in [3.05, 3.63) is 35.9 Å². The SMILES string of the molecule is CCOP(=O)(OCC)C(N(C)C)C(C)(C=O)c1ccccc1. The molecule has 2 unspecified atom stereocenters. The van der Waals surface area contributed by atoms with E-state index < -0.39 is 18.8 Å². The summed E-state index contributed by atoms with van der Waals surface area (Å²) in [5.41, 5.74) is -0.228. The molecule has 1 aromatic carbocycles. The Morgan fingerprint density at radius 2 is 1.68 bits per heavy atom. The van der Waals surface area contributed by atoms with Gasteiger partial charge in [0, 0.05) is 0 Å². The van der Waals surface area contributed by atoms with Crippen molar-refractivity contribution in [1.29, 1.82) is 0 Å². The van der Waals surface area contributed by atoms with E-state index >= 15 is 0 Å². The smallest absolute Gasteiger partial charge is 0.308 e. The lowest BCUT2D eigenvalue weighted by atomic mass is 9.83. The molecule has 0 bridgehead atoms. The molecule has 0 aromatic heterocycles. The van der Waals surface area contributed by atoms with E-state index in [9.17, 15) is 9.36 Å². The summed E-state index contributed by atoms with van der Waals surface area (Å²) in [6.07, 6.45) is 0.831. The van der Waals surface area contributed by atoms with Gasteiger partial charge in [-0.15, -0.1) is 0 Å². The van der Waals surface area contributed by atoms with Crippen LogP contribution in [0.15, 0.2) is 30.3 Å². The van der Waals surface area contributed by atoms with Crippen LogP contribution in [-0.2, 0) is 23.8 Å². The van der Waals surface area contributed by atoms with Crippen LogP contribution < -0.4 is 0 Å². The van der Waals surface area contributed by atoms with Crippen LogP contribution >= 0.6 is 7.60 Å². The van der Waals surface area contributed by atoms with E-state index in [4.69, 9.17) is 9.05 Å². The van der Waals surface area contributed by atoms with Gasteiger partial charge in [0.05, 0.1) is 18.6 Å². The van der Waals surface area contributed by atoms with Gasteiger partial charge in [0.15, 0.2) is 0 Å².